The summed E-state index contributed by atoms with van der Waals surface area (Å²) in [6.07, 6.45) is 1.71. The number of para-hydroxylation sites is 1. The van der Waals surface area contributed by atoms with Crippen molar-refractivity contribution in [1.82, 2.24) is 9.97 Å². The van der Waals surface area contributed by atoms with Crippen molar-refractivity contribution < 1.29 is 9.53 Å². The van der Waals surface area contributed by atoms with E-state index >= 15 is 0 Å². The predicted molar refractivity (Wildman–Crippen MR) is 117 cm³/mol. The van der Waals surface area contributed by atoms with Crippen molar-refractivity contribution in [2.75, 3.05) is 11.5 Å². The van der Waals surface area contributed by atoms with E-state index in [1.165, 1.54) is 11.3 Å². The lowest BCUT2D eigenvalue weighted by Gasteiger charge is -2.20. The average molecular weight is 424 g/mol. The van der Waals surface area contributed by atoms with Crippen molar-refractivity contribution >= 4 is 44.2 Å². The largest absolute Gasteiger partial charge is 0.483 e. The van der Waals surface area contributed by atoms with Gasteiger partial charge in [0.15, 0.2) is 11.7 Å². The lowest BCUT2D eigenvalue weighted by Crippen LogP contribution is -2.34. The Bertz CT molecular complexity index is 1150. The quantitative estimate of drug-likeness (QED) is 0.424. The number of nitrogens with zero attached hydrogens (tertiary/aromatic N) is 3. The molecule has 0 atom stereocenters. The molecule has 0 fully saturated rings. The second kappa shape index (κ2) is 8.59. The monoisotopic (exact) mass is 423 g/mol. The highest BCUT2D eigenvalue weighted by Crippen LogP contribution is 2.31. The second-order valence-electron chi connectivity index (χ2n) is 6.46. The van der Waals surface area contributed by atoms with Crippen molar-refractivity contribution in [1.29, 1.82) is 0 Å². The molecular formula is C22H18ClN3O2S. The van der Waals surface area contributed by atoms with Gasteiger partial charge in [-0.1, -0.05) is 47.2 Å². The molecular weight excluding hydrogens is 406 g/mol. The smallest absolute Gasteiger partial charge is 0.267 e. The number of pyridine rings is 1. The number of rotatable bonds is 6. The number of aryl methyl sites for hydroxylation is 1. The molecule has 4 rings (SSSR count). The van der Waals surface area contributed by atoms with Crippen molar-refractivity contribution in [3.05, 3.63) is 83.1 Å². The van der Waals surface area contributed by atoms with Crippen molar-refractivity contribution in [3.8, 4) is 5.75 Å². The number of ether oxygens (including phenoxy) is 1. The zero-order valence-electron chi connectivity index (χ0n) is 15.7. The van der Waals surface area contributed by atoms with Crippen LogP contribution in [0, 0.1) is 6.92 Å². The van der Waals surface area contributed by atoms with Crippen LogP contribution < -0.4 is 9.64 Å². The Labute approximate surface area is 177 Å². The van der Waals surface area contributed by atoms with E-state index in [1.807, 2.05) is 61.5 Å². The fourth-order valence-electron chi connectivity index (χ4n) is 2.85. The lowest BCUT2D eigenvalue weighted by atomic mass is 10.2. The Balaban J connectivity index is 1.61. The van der Waals surface area contributed by atoms with E-state index in [4.69, 9.17) is 16.3 Å². The molecule has 0 saturated carbocycles. The van der Waals surface area contributed by atoms with Gasteiger partial charge in [-0.05, 0) is 48.9 Å². The summed E-state index contributed by atoms with van der Waals surface area (Å²) in [5.74, 6) is 0.499. The molecule has 0 spiro atoms. The maximum atomic E-state index is 13.1. The molecule has 5 nitrogen and oxygen atoms in total. The van der Waals surface area contributed by atoms with E-state index < -0.39 is 0 Å². The van der Waals surface area contributed by atoms with Gasteiger partial charge < -0.3 is 4.74 Å². The van der Waals surface area contributed by atoms with Gasteiger partial charge in [-0.15, -0.1) is 0 Å². The average Bonchev–Trinajstić information content (AvgIpc) is 3.14. The summed E-state index contributed by atoms with van der Waals surface area (Å²) in [7, 11) is 0. The molecule has 4 aromatic rings. The summed E-state index contributed by atoms with van der Waals surface area (Å²) in [6.45, 7) is 2.17. The molecule has 2 aromatic heterocycles. The SMILES string of the molecule is Cc1ccccc1OCC(=O)N(Cc1ccccn1)c1nc2ccc(Cl)cc2s1. The molecule has 0 aliphatic rings. The molecule has 0 radical (unpaired) electrons. The molecule has 2 aromatic carbocycles. The molecule has 0 saturated heterocycles. The van der Waals surface area contributed by atoms with Gasteiger partial charge in [-0.3, -0.25) is 14.7 Å². The Morgan fingerprint density at radius 2 is 1.97 bits per heavy atom. The summed E-state index contributed by atoms with van der Waals surface area (Å²) >= 11 is 7.52. The van der Waals surface area contributed by atoms with Crippen molar-refractivity contribution in [2.24, 2.45) is 0 Å². The number of aromatic nitrogens is 2. The molecule has 1 amide bonds. The molecule has 146 valence electrons. The molecule has 0 aliphatic heterocycles. The molecule has 0 N–H and O–H groups in total. The van der Waals surface area contributed by atoms with Crippen LogP contribution in [0.4, 0.5) is 5.13 Å². The Morgan fingerprint density at radius 1 is 1.14 bits per heavy atom. The van der Waals surface area contributed by atoms with Gasteiger partial charge in [0.1, 0.15) is 5.75 Å². The number of fused-ring (bicyclic) bond motifs is 1. The number of thiazole rings is 1. The van der Waals surface area contributed by atoms with Gasteiger partial charge in [-0.25, -0.2) is 4.98 Å². The fraction of sp³-hybridized carbons (Fsp3) is 0.136. The highest BCUT2D eigenvalue weighted by atomic mass is 35.5. The number of hydrogen-bond acceptors (Lipinski definition) is 5. The van der Waals surface area contributed by atoms with E-state index in [2.05, 4.69) is 9.97 Å². The third kappa shape index (κ3) is 4.55. The van der Waals surface area contributed by atoms with Gasteiger partial charge in [0, 0.05) is 11.2 Å². The first-order valence-corrected chi connectivity index (χ1v) is 10.2. The number of carbonyl (C=O) groups excluding carboxylic acids is 1. The summed E-state index contributed by atoms with van der Waals surface area (Å²) < 4.78 is 6.70. The van der Waals surface area contributed by atoms with Gasteiger partial charge in [0.25, 0.3) is 5.91 Å². The lowest BCUT2D eigenvalue weighted by molar-refractivity contribution is -0.120. The first-order valence-electron chi connectivity index (χ1n) is 9.05. The molecule has 2 heterocycles. The van der Waals surface area contributed by atoms with E-state index in [0.717, 1.165) is 21.5 Å². The summed E-state index contributed by atoms with van der Waals surface area (Å²) in [6, 6.07) is 18.7. The van der Waals surface area contributed by atoms with E-state index in [1.54, 1.807) is 17.2 Å². The molecule has 0 unspecified atom stereocenters. The minimum atomic E-state index is -0.191. The van der Waals surface area contributed by atoms with Crippen LogP contribution in [0.15, 0.2) is 66.9 Å². The van der Waals surface area contributed by atoms with Gasteiger partial charge in [0.05, 0.1) is 22.5 Å². The maximum Gasteiger partial charge on any atom is 0.267 e. The Kier molecular flexibility index (Phi) is 5.74. The number of carbonyl (C=O) groups is 1. The molecule has 0 bridgehead atoms. The zero-order valence-corrected chi connectivity index (χ0v) is 17.3. The number of amides is 1. The fourth-order valence-corrected chi connectivity index (χ4v) is 4.11. The van der Waals surface area contributed by atoms with Crippen LogP contribution in [-0.2, 0) is 11.3 Å². The number of halogens is 1. The third-order valence-corrected chi connectivity index (χ3v) is 5.64. The predicted octanol–water partition coefficient (Wildman–Crippen LogP) is 5.27. The minimum absolute atomic E-state index is 0.0889. The van der Waals surface area contributed by atoms with Gasteiger partial charge in [-0.2, -0.15) is 0 Å². The second-order valence-corrected chi connectivity index (χ2v) is 7.91. The third-order valence-electron chi connectivity index (χ3n) is 4.36. The summed E-state index contributed by atoms with van der Waals surface area (Å²) in [5, 5.41) is 1.23. The van der Waals surface area contributed by atoms with Crippen LogP contribution in [0.3, 0.4) is 0 Å². The van der Waals surface area contributed by atoms with Gasteiger partial charge in [0.2, 0.25) is 0 Å². The van der Waals surface area contributed by atoms with E-state index in [-0.39, 0.29) is 12.5 Å². The number of benzene rings is 2. The van der Waals surface area contributed by atoms with Crippen LogP contribution in [0.1, 0.15) is 11.3 Å². The highest BCUT2D eigenvalue weighted by Gasteiger charge is 2.21. The topological polar surface area (TPSA) is 55.3 Å². The van der Waals surface area contributed by atoms with E-state index in [0.29, 0.717) is 22.4 Å². The first kappa shape index (κ1) is 19.4. The normalized spacial score (nSPS) is 10.8. The molecule has 29 heavy (non-hydrogen) atoms. The Morgan fingerprint density at radius 3 is 2.76 bits per heavy atom. The maximum absolute atomic E-state index is 13.1. The van der Waals surface area contributed by atoms with Crippen LogP contribution in [0.2, 0.25) is 5.02 Å². The van der Waals surface area contributed by atoms with Crippen LogP contribution in [0.5, 0.6) is 5.75 Å². The molecule has 0 aliphatic carbocycles. The number of hydrogen-bond donors (Lipinski definition) is 0. The van der Waals surface area contributed by atoms with Crippen LogP contribution in [-0.4, -0.2) is 22.5 Å². The summed E-state index contributed by atoms with van der Waals surface area (Å²) in [4.78, 5) is 23.7. The van der Waals surface area contributed by atoms with Crippen LogP contribution in [0.25, 0.3) is 10.2 Å². The van der Waals surface area contributed by atoms with Crippen molar-refractivity contribution in [3.63, 3.8) is 0 Å². The highest BCUT2D eigenvalue weighted by molar-refractivity contribution is 7.22. The number of anilines is 1. The Hall–Kier alpha value is -2.96. The zero-order chi connectivity index (χ0) is 20.2. The van der Waals surface area contributed by atoms with Crippen molar-refractivity contribution in [2.45, 2.75) is 13.5 Å². The van der Waals surface area contributed by atoms with Gasteiger partial charge >= 0.3 is 0 Å². The standard InChI is InChI=1S/C22H18ClN3O2S/c1-15-6-2-3-8-19(15)28-14-21(27)26(13-17-7-4-5-11-24-17)22-25-18-10-9-16(23)12-20(18)29-22/h2-12H,13-14H2,1H3. The first-order chi connectivity index (χ1) is 14.1. The molecule has 7 heteroatoms. The minimum Gasteiger partial charge on any atom is -0.483 e. The van der Waals surface area contributed by atoms with E-state index in [9.17, 15) is 4.79 Å². The van der Waals surface area contributed by atoms with Crippen LogP contribution >= 0.6 is 22.9 Å². The summed E-state index contributed by atoms with van der Waals surface area (Å²) in [5.41, 5.74) is 2.55.